The van der Waals surface area contributed by atoms with Gasteiger partial charge in [0, 0.05) is 27.4 Å². The summed E-state index contributed by atoms with van der Waals surface area (Å²) >= 11 is 0. The molecular weight excluding hydrogens is 543 g/mol. The molecule has 3 nitrogen and oxygen atoms in total. The number of hydrogen-bond acceptors (Lipinski definition) is 2. The summed E-state index contributed by atoms with van der Waals surface area (Å²) < 4.78 is 23.9. The standard InChI is InChI=1S/C40H29FN2O/c1-40(2,27-14-7-4-8-15-27)28-20-22-30-31-16-11-17-32(38(31)44-37(30)24-28)39-42-35-18-9-10-19-36(35)43(39)29-21-23-34(41)33(25-29)26-12-5-3-6-13-26/h3-25H,1-2H3. The van der Waals surface area contributed by atoms with Crippen LogP contribution in [0.5, 0.6) is 0 Å². The lowest BCUT2D eigenvalue weighted by Crippen LogP contribution is -2.18. The first kappa shape index (κ1) is 26.2. The van der Waals surface area contributed by atoms with Gasteiger partial charge in [-0.2, -0.15) is 0 Å². The number of furan rings is 1. The fourth-order valence-electron chi connectivity index (χ4n) is 6.34. The van der Waals surface area contributed by atoms with E-state index in [1.54, 1.807) is 0 Å². The van der Waals surface area contributed by atoms with Gasteiger partial charge in [0.05, 0.1) is 16.6 Å². The van der Waals surface area contributed by atoms with Gasteiger partial charge < -0.3 is 4.42 Å². The first-order chi connectivity index (χ1) is 21.5. The van der Waals surface area contributed by atoms with Crippen molar-refractivity contribution in [3.05, 3.63) is 156 Å². The van der Waals surface area contributed by atoms with Crippen molar-refractivity contribution in [2.24, 2.45) is 0 Å². The number of rotatable bonds is 5. The Kier molecular flexibility index (Phi) is 5.98. The second-order valence-electron chi connectivity index (χ2n) is 11.8. The van der Waals surface area contributed by atoms with Crippen LogP contribution >= 0.6 is 0 Å². The van der Waals surface area contributed by atoms with E-state index < -0.39 is 0 Å². The number of nitrogens with zero attached hydrogens (tertiary/aromatic N) is 2. The maximum Gasteiger partial charge on any atom is 0.149 e. The van der Waals surface area contributed by atoms with Gasteiger partial charge in [0.25, 0.3) is 0 Å². The number of hydrogen-bond donors (Lipinski definition) is 0. The van der Waals surface area contributed by atoms with Gasteiger partial charge in [0.15, 0.2) is 0 Å². The second kappa shape index (κ2) is 10.1. The molecule has 8 rings (SSSR count). The molecule has 44 heavy (non-hydrogen) atoms. The van der Waals surface area contributed by atoms with Crippen molar-refractivity contribution in [1.29, 1.82) is 0 Å². The Morgan fingerprint density at radius 2 is 1.39 bits per heavy atom. The largest absolute Gasteiger partial charge is 0.455 e. The van der Waals surface area contributed by atoms with Crippen molar-refractivity contribution >= 4 is 33.0 Å². The molecule has 4 heteroatoms. The van der Waals surface area contributed by atoms with E-state index >= 15 is 4.39 Å². The Balaban J connectivity index is 1.34. The van der Waals surface area contributed by atoms with Crippen molar-refractivity contribution in [3.8, 4) is 28.2 Å². The third-order valence-corrected chi connectivity index (χ3v) is 8.81. The zero-order chi connectivity index (χ0) is 29.8. The van der Waals surface area contributed by atoms with Crippen molar-refractivity contribution in [2.75, 3.05) is 0 Å². The van der Waals surface area contributed by atoms with Crippen molar-refractivity contribution < 1.29 is 8.81 Å². The second-order valence-corrected chi connectivity index (χ2v) is 11.8. The van der Waals surface area contributed by atoms with E-state index in [0.29, 0.717) is 5.56 Å². The maximum absolute atomic E-state index is 15.1. The summed E-state index contributed by atoms with van der Waals surface area (Å²) in [5.41, 5.74) is 8.73. The molecule has 0 aliphatic heterocycles. The van der Waals surface area contributed by atoms with Crippen LogP contribution in [-0.2, 0) is 5.41 Å². The minimum atomic E-state index is -0.264. The monoisotopic (exact) mass is 572 g/mol. The van der Waals surface area contributed by atoms with Crippen LogP contribution in [0.15, 0.2) is 144 Å². The average Bonchev–Trinajstić information content (AvgIpc) is 3.64. The summed E-state index contributed by atoms with van der Waals surface area (Å²) in [7, 11) is 0. The van der Waals surface area contributed by atoms with Gasteiger partial charge in [-0.3, -0.25) is 4.57 Å². The van der Waals surface area contributed by atoms with Crippen molar-refractivity contribution in [1.82, 2.24) is 9.55 Å². The number of imidazole rings is 1. The van der Waals surface area contributed by atoms with E-state index in [1.165, 1.54) is 17.2 Å². The number of fused-ring (bicyclic) bond motifs is 4. The lowest BCUT2D eigenvalue weighted by Gasteiger charge is -2.26. The first-order valence-electron chi connectivity index (χ1n) is 14.8. The Morgan fingerprint density at radius 1 is 0.636 bits per heavy atom. The van der Waals surface area contributed by atoms with E-state index in [1.807, 2.05) is 72.8 Å². The van der Waals surface area contributed by atoms with E-state index in [9.17, 15) is 0 Å². The molecule has 0 aliphatic carbocycles. The van der Waals surface area contributed by atoms with Crippen LogP contribution in [0.1, 0.15) is 25.0 Å². The molecule has 0 fully saturated rings. The molecule has 2 heterocycles. The summed E-state index contributed by atoms with van der Waals surface area (Å²) in [6.07, 6.45) is 0. The van der Waals surface area contributed by atoms with Crippen LogP contribution in [0.4, 0.5) is 4.39 Å². The lowest BCUT2D eigenvalue weighted by atomic mass is 9.78. The molecular formula is C40H29FN2O. The third-order valence-electron chi connectivity index (χ3n) is 8.81. The fourth-order valence-corrected chi connectivity index (χ4v) is 6.34. The van der Waals surface area contributed by atoms with E-state index in [0.717, 1.165) is 55.6 Å². The number of benzene rings is 6. The summed E-state index contributed by atoms with van der Waals surface area (Å²) in [4.78, 5) is 5.11. The van der Waals surface area contributed by atoms with Crippen LogP contribution in [0, 0.1) is 5.82 Å². The molecule has 0 spiro atoms. The highest BCUT2D eigenvalue weighted by molar-refractivity contribution is 6.09. The first-order valence-corrected chi connectivity index (χ1v) is 14.8. The Hall–Kier alpha value is -5.48. The third kappa shape index (κ3) is 4.14. The molecule has 0 saturated carbocycles. The molecule has 0 amide bonds. The highest BCUT2D eigenvalue weighted by Crippen LogP contribution is 2.40. The maximum atomic E-state index is 15.1. The molecule has 0 atom stereocenters. The highest BCUT2D eigenvalue weighted by atomic mass is 19.1. The fraction of sp³-hybridized carbons (Fsp3) is 0.0750. The SMILES string of the molecule is CC(C)(c1ccccc1)c1ccc2c(c1)oc1c(-c3nc4ccccc4n3-c3ccc(F)c(-c4ccccc4)c3)cccc12. The predicted octanol–water partition coefficient (Wildman–Crippen LogP) is 10.7. The minimum Gasteiger partial charge on any atom is -0.455 e. The normalized spacial score (nSPS) is 12.0. The molecule has 0 unspecified atom stereocenters. The number of aromatic nitrogens is 2. The van der Waals surface area contributed by atoms with E-state index in [4.69, 9.17) is 9.40 Å². The summed E-state index contributed by atoms with van der Waals surface area (Å²) in [6.45, 7) is 4.48. The number of halogens is 1. The predicted molar refractivity (Wildman–Crippen MR) is 178 cm³/mol. The molecule has 0 radical (unpaired) electrons. The Morgan fingerprint density at radius 3 is 2.20 bits per heavy atom. The van der Waals surface area contributed by atoms with Gasteiger partial charge in [-0.05, 0) is 59.2 Å². The quantitative estimate of drug-likeness (QED) is 0.205. The minimum absolute atomic E-state index is 0.190. The summed E-state index contributed by atoms with van der Waals surface area (Å²) in [5.74, 6) is 0.478. The molecule has 0 saturated heterocycles. The Labute approximate surface area is 254 Å². The van der Waals surface area contributed by atoms with Crippen molar-refractivity contribution in [3.63, 3.8) is 0 Å². The van der Waals surface area contributed by atoms with Crippen LogP contribution in [0.25, 0.3) is 61.2 Å². The average molecular weight is 573 g/mol. The van der Waals surface area contributed by atoms with Gasteiger partial charge >= 0.3 is 0 Å². The molecule has 6 aromatic carbocycles. The van der Waals surface area contributed by atoms with Gasteiger partial charge in [0.1, 0.15) is 22.8 Å². The molecule has 2 aromatic heterocycles. The zero-order valence-electron chi connectivity index (χ0n) is 24.5. The van der Waals surface area contributed by atoms with Crippen LogP contribution < -0.4 is 0 Å². The smallest absolute Gasteiger partial charge is 0.149 e. The van der Waals surface area contributed by atoms with Gasteiger partial charge in [0.2, 0.25) is 0 Å². The van der Waals surface area contributed by atoms with Gasteiger partial charge in [-0.1, -0.05) is 111 Å². The molecule has 0 bridgehead atoms. The van der Waals surface area contributed by atoms with E-state index in [-0.39, 0.29) is 11.2 Å². The molecule has 8 aromatic rings. The van der Waals surface area contributed by atoms with Crippen LogP contribution in [0.3, 0.4) is 0 Å². The van der Waals surface area contributed by atoms with Gasteiger partial charge in [-0.15, -0.1) is 0 Å². The molecule has 212 valence electrons. The van der Waals surface area contributed by atoms with E-state index in [2.05, 4.69) is 79.1 Å². The molecule has 0 aliphatic rings. The lowest BCUT2D eigenvalue weighted by molar-refractivity contribution is 0.631. The summed E-state index contributed by atoms with van der Waals surface area (Å²) in [5, 5.41) is 2.09. The molecule has 0 N–H and O–H groups in total. The highest BCUT2D eigenvalue weighted by Gasteiger charge is 2.25. The van der Waals surface area contributed by atoms with Crippen LogP contribution in [-0.4, -0.2) is 9.55 Å². The van der Waals surface area contributed by atoms with Crippen LogP contribution in [0.2, 0.25) is 0 Å². The number of para-hydroxylation sites is 3. The summed E-state index contributed by atoms with van der Waals surface area (Å²) in [6, 6.07) is 46.2. The zero-order valence-corrected chi connectivity index (χ0v) is 24.5. The Bertz CT molecular complexity index is 2310. The van der Waals surface area contributed by atoms with Crippen molar-refractivity contribution in [2.45, 2.75) is 19.3 Å². The van der Waals surface area contributed by atoms with Gasteiger partial charge in [-0.25, -0.2) is 9.37 Å². The topological polar surface area (TPSA) is 31.0 Å².